The van der Waals surface area contributed by atoms with Crippen molar-refractivity contribution in [2.75, 3.05) is 6.54 Å². The van der Waals surface area contributed by atoms with E-state index in [1.165, 1.54) is 0 Å². The molecule has 1 aliphatic heterocycles. The van der Waals surface area contributed by atoms with Crippen LogP contribution in [0.1, 0.15) is 6.92 Å². The van der Waals surface area contributed by atoms with E-state index in [2.05, 4.69) is 65.1 Å². The molecule has 0 aromatic carbocycles. The van der Waals surface area contributed by atoms with Gasteiger partial charge in [0.15, 0.2) is 5.11 Å². The summed E-state index contributed by atoms with van der Waals surface area (Å²) in [5, 5.41) is 0.788. The molecule has 1 aliphatic rings. The van der Waals surface area contributed by atoms with Crippen LogP contribution in [0, 0.1) is 0 Å². The SMILES string of the molecule is C=C[Si]1(C)NC(=S)N(CC)[Si](C)(C=C)N[Si](C)(C=C)N1. The van der Waals surface area contributed by atoms with Crippen molar-refractivity contribution in [1.29, 1.82) is 0 Å². The lowest BCUT2D eigenvalue weighted by atomic mass is 10.7. The number of nitrogens with zero attached hydrogens (tertiary/aromatic N) is 1. The molecule has 3 atom stereocenters. The topological polar surface area (TPSA) is 39.3 Å². The van der Waals surface area contributed by atoms with Crippen molar-refractivity contribution in [2.45, 2.75) is 26.6 Å². The Morgan fingerprint density at radius 1 is 1.05 bits per heavy atom. The summed E-state index contributed by atoms with van der Waals surface area (Å²) in [5.74, 6) is 0. The number of hydrogen-bond acceptors (Lipinski definition) is 3. The van der Waals surface area contributed by atoms with Crippen LogP contribution >= 0.6 is 12.2 Å². The molecule has 8 heteroatoms. The normalized spacial score (nSPS) is 38.4. The summed E-state index contributed by atoms with van der Waals surface area (Å²) < 4.78 is 9.87. The van der Waals surface area contributed by atoms with Crippen molar-refractivity contribution in [3.05, 3.63) is 36.8 Å². The van der Waals surface area contributed by atoms with E-state index >= 15 is 0 Å². The highest BCUT2D eigenvalue weighted by atomic mass is 32.1. The minimum atomic E-state index is -2.06. The predicted octanol–water partition coefficient (Wildman–Crippen LogP) is 1.77. The summed E-state index contributed by atoms with van der Waals surface area (Å²) in [7, 11) is -6.12. The number of rotatable bonds is 4. The van der Waals surface area contributed by atoms with Crippen LogP contribution in [0.4, 0.5) is 0 Å². The molecule has 20 heavy (non-hydrogen) atoms. The second-order valence-corrected chi connectivity index (χ2v) is 17.1. The Labute approximate surface area is 131 Å². The van der Waals surface area contributed by atoms with E-state index in [1.807, 2.05) is 17.1 Å². The molecule has 1 heterocycles. The van der Waals surface area contributed by atoms with Crippen molar-refractivity contribution in [3.63, 3.8) is 0 Å². The van der Waals surface area contributed by atoms with Gasteiger partial charge in [0.05, 0.1) is 0 Å². The van der Waals surface area contributed by atoms with Crippen molar-refractivity contribution >= 4 is 42.5 Å². The van der Waals surface area contributed by atoms with E-state index in [4.69, 9.17) is 12.2 Å². The molecule has 0 aromatic rings. The molecule has 0 amide bonds. The third kappa shape index (κ3) is 3.38. The highest BCUT2D eigenvalue weighted by Gasteiger charge is 2.46. The average molecular weight is 343 g/mol. The van der Waals surface area contributed by atoms with Crippen LogP contribution in [-0.4, -0.2) is 41.4 Å². The van der Waals surface area contributed by atoms with Crippen LogP contribution < -0.4 is 14.3 Å². The lowest BCUT2D eigenvalue weighted by molar-refractivity contribution is 0.632. The van der Waals surface area contributed by atoms with Gasteiger partial charge >= 0.3 is 0 Å². The lowest BCUT2D eigenvalue weighted by Gasteiger charge is -2.49. The molecular formula is C12H26N4SSi3. The highest BCUT2D eigenvalue weighted by Crippen LogP contribution is 2.17. The molecule has 0 saturated carbocycles. The molecule has 112 valence electrons. The van der Waals surface area contributed by atoms with Gasteiger partial charge in [-0.3, -0.25) is 0 Å². The summed E-state index contributed by atoms with van der Waals surface area (Å²) in [6, 6.07) is 0. The van der Waals surface area contributed by atoms with E-state index in [0.717, 1.165) is 11.7 Å². The second kappa shape index (κ2) is 6.08. The molecule has 0 aliphatic carbocycles. The van der Waals surface area contributed by atoms with Crippen molar-refractivity contribution < 1.29 is 0 Å². The van der Waals surface area contributed by atoms with Crippen LogP contribution in [0.15, 0.2) is 36.8 Å². The summed E-state index contributed by atoms with van der Waals surface area (Å²) in [6.07, 6.45) is 0. The molecule has 3 unspecified atom stereocenters. The fourth-order valence-electron chi connectivity index (χ4n) is 2.53. The molecule has 0 spiro atoms. The van der Waals surface area contributed by atoms with Crippen LogP contribution in [0.25, 0.3) is 0 Å². The zero-order chi connectivity index (χ0) is 15.6. The van der Waals surface area contributed by atoms with Gasteiger partial charge in [-0.05, 0) is 38.8 Å². The third-order valence-corrected chi connectivity index (χ3v) is 17.5. The van der Waals surface area contributed by atoms with Gasteiger partial charge in [-0.1, -0.05) is 17.1 Å². The number of hydrogen-bond donors (Lipinski definition) is 3. The van der Waals surface area contributed by atoms with Crippen molar-refractivity contribution in [3.8, 4) is 0 Å². The average Bonchev–Trinajstić information content (AvgIpc) is 2.37. The second-order valence-electron chi connectivity index (χ2n) is 5.59. The Balaban J connectivity index is 3.34. The Morgan fingerprint density at radius 2 is 1.60 bits per heavy atom. The van der Waals surface area contributed by atoms with E-state index in [9.17, 15) is 0 Å². The van der Waals surface area contributed by atoms with E-state index in [1.54, 1.807) is 0 Å². The van der Waals surface area contributed by atoms with Gasteiger partial charge in [0.2, 0.25) is 16.8 Å². The summed E-state index contributed by atoms with van der Waals surface area (Å²) in [6.45, 7) is 21.7. The monoisotopic (exact) mass is 342 g/mol. The Kier molecular flexibility index (Phi) is 5.33. The van der Waals surface area contributed by atoms with E-state index < -0.39 is 25.2 Å². The standard InChI is InChI=1S/C12H26N4SSi3/c1-8-16-12(17)13-18(5,9-2)14-19(6,10-3)15-20(16,7)11-4/h9-11,14-15H,2-4,8H2,1,5-7H3,(H,13,17). The van der Waals surface area contributed by atoms with Crippen LogP contribution in [0.3, 0.4) is 0 Å². The maximum Gasteiger partial charge on any atom is 0.251 e. The Morgan fingerprint density at radius 3 is 2.00 bits per heavy atom. The minimum Gasteiger partial charge on any atom is -0.374 e. The molecular weight excluding hydrogens is 316 g/mol. The first-order valence-electron chi connectivity index (χ1n) is 6.77. The third-order valence-electron chi connectivity index (χ3n) is 3.73. The van der Waals surface area contributed by atoms with Gasteiger partial charge < -0.3 is 18.8 Å². The zero-order valence-electron chi connectivity index (χ0n) is 12.9. The molecule has 4 nitrogen and oxygen atoms in total. The summed E-state index contributed by atoms with van der Waals surface area (Å²) >= 11 is 5.61. The maximum absolute atomic E-state index is 5.61. The van der Waals surface area contributed by atoms with Crippen molar-refractivity contribution in [2.24, 2.45) is 0 Å². The quantitative estimate of drug-likeness (QED) is 0.536. The molecule has 0 bridgehead atoms. The minimum absolute atomic E-state index is 0.788. The molecule has 1 rings (SSSR count). The first-order valence-corrected chi connectivity index (χ1v) is 14.9. The Hall–Kier alpha value is -0.519. The maximum atomic E-state index is 5.61. The first kappa shape index (κ1) is 17.5. The van der Waals surface area contributed by atoms with Gasteiger partial charge in [0.25, 0.3) is 8.40 Å². The lowest BCUT2D eigenvalue weighted by Crippen LogP contribution is -2.84. The number of nitrogens with one attached hydrogen (secondary N) is 3. The first-order chi connectivity index (χ1) is 9.17. The smallest absolute Gasteiger partial charge is 0.251 e. The largest absolute Gasteiger partial charge is 0.374 e. The van der Waals surface area contributed by atoms with E-state index in [-0.39, 0.29) is 0 Å². The fourth-order valence-corrected chi connectivity index (χ4v) is 17.8. The van der Waals surface area contributed by atoms with Crippen LogP contribution in [0.5, 0.6) is 0 Å². The molecule has 1 saturated heterocycles. The fraction of sp³-hybridized carbons (Fsp3) is 0.417. The van der Waals surface area contributed by atoms with Crippen molar-refractivity contribution in [1.82, 2.24) is 18.8 Å². The van der Waals surface area contributed by atoms with E-state index in [0.29, 0.717) is 0 Å². The van der Waals surface area contributed by atoms with Gasteiger partial charge in [-0.25, -0.2) is 0 Å². The van der Waals surface area contributed by atoms with Gasteiger partial charge in [0.1, 0.15) is 0 Å². The summed E-state index contributed by atoms with van der Waals surface area (Å²) in [4.78, 5) is 3.53. The zero-order valence-corrected chi connectivity index (χ0v) is 16.7. The molecule has 0 aromatic heterocycles. The highest BCUT2D eigenvalue weighted by molar-refractivity contribution is 7.80. The van der Waals surface area contributed by atoms with Gasteiger partial charge in [0, 0.05) is 6.54 Å². The van der Waals surface area contributed by atoms with Gasteiger partial charge in [-0.2, -0.15) is 0 Å². The molecule has 3 N–H and O–H groups in total. The van der Waals surface area contributed by atoms with Crippen LogP contribution in [-0.2, 0) is 0 Å². The van der Waals surface area contributed by atoms with Crippen LogP contribution in [0.2, 0.25) is 19.6 Å². The van der Waals surface area contributed by atoms with Gasteiger partial charge in [-0.15, -0.1) is 19.7 Å². The molecule has 0 radical (unpaired) electrons. The predicted molar refractivity (Wildman–Crippen MR) is 99.8 cm³/mol. The summed E-state index contributed by atoms with van der Waals surface area (Å²) in [5.41, 5.74) is 6.07. The molecule has 1 fully saturated rings. The Bertz CT molecular complexity index is 446. The number of thiocarbonyl (C=S) groups is 1.